The van der Waals surface area contributed by atoms with Crippen LogP contribution in [0, 0.1) is 0 Å². The number of hydrogen-bond donors (Lipinski definition) is 0. The fourth-order valence-corrected chi connectivity index (χ4v) is 2.95. The summed E-state index contributed by atoms with van der Waals surface area (Å²) < 4.78 is 0. The van der Waals surface area contributed by atoms with Gasteiger partial charge in [-0.1, -0.05) is 15.9 Å². The SMILES string of the molecule is CSc1cc(N2CCCC2CBr)ncn1. The highest BCUT2D eigenvalue weighted by Crippen LogP contribution is 2.26. The topological polar surface area (TPSA) is 29.0 Å². The van der Waals surface area contributed by atoms with E-state index < -0.39 is 0 Å². The number of thioether (sulfide) groups is 1. The summed E-state index contributed by atoms with van der Waals surface area (Å²) in [5.41, 5.74) is 0. The zero-order valence-electron chi connectivity index (χ0n) is 8.69. The average Bonchev–Trinajstić information content (AvgIpc) is 2.77. The molecule has 1 atom stereocenters. The molecule has 5 heteroatoms. The maximum absolute atomic E-state index is 4.35. The van der Waals surface area contributed by atoms with Crippen molar-refractivity contribution >= 4 is 33.5 Å². The lowest BCUT2D eigenvalue weighted by molar-refractivity contribution is 0.738. The molecule has 0 amide bonds. The lowest BCUT2D eigenvalue weighted by Gasteiger charge is -2.24. The molecule has 1 unspecified atom stereocenters. The second-order valence-electron chi connectivity index (χ2n) is 3.56. The van der Waals surface area contributed by atoms with Crippen molar-refractivity contribution in [3.05, 3.63) is 12.4 Å². The molecule has 0 bridgehead atoms. The maximum atomic E-state index is 4.35. The van der Waals surface area contributed by atoms with E-state index in [1.807, 2.05) is 6.26 Å². The van der Waals surface area contributed by atoms with Crippen LogP contribution in [0.25, 0.3) is 0 Å². The maximum Gasteiger partial charge on any atom is 0.133 e. The Kier molecular flexibility index (Phi) is 3.86. The molecule has 3 nitrogen and oxygen atoms in total. The van der Waals surface area contributed by atoms with Gasteiger partial charge in [0.2, 0.25) is 0 Å². The molecule has 1 fully saturated rings. The molecule has 1 aliphatic rings. The first-order chi connectivity index (χ1) is 7.35. The molecule has 0 saturated carbocycles. The smallest absolute Gasteiger partial charge is 0.133 e. The predicted octanol–water partition coefficient (Wildman–Crippen LogP) is 2.56. The van der Waals surface area contributed by atoms with Crippen molar-refractivity contribution < 1.29 is 0 Å². The lowest BCUT2D eigenvalue weighted by atomic mass is 10.2. The van der Waals surface area contributed by atoms with E-state index in [0.29, 0.717) is 6.04 Å². The number of alkyl halides is 1. The first-order valence-electron chi connectivity index (χ1n) is 5.04. The molecular weight excluding hydrogens is 274 g/mol. The van der Waals surface area contributed by atoms with Crippen molar-refractivity contribution in [3.63, 3.8) is 0 Å². The summed E-state index contributed by atoms with van der Waals surface area (Å²) in [7, 11) is 0. The van der Waals surface area contributed by atoms with Gasteiger partial charge in [-0.3, -0.25) is 0 Å². The van der Waals surface area contributed by atoms with Crippen LogP contribution in [0.2, 0.25) is 0 Å². The number of halogens is 1. The number of hydrogen-bond acceptors (Lipinski definition) is 4. The first-order valence-corrected chi connectivity index (χ1v) is 7.38. The summed E-state index contributed by atoms with van der Waals surface area (Å²) in [5, 5.41) is 2.06. The van der Waals surface area contributed by atoms with Crippen LogP contribution < -0.4 is 4.90 Å². The quantitative estimate of drug-likeness (QED) is 0.485. The third-order valence-corrected chi connectivity index (χ3v) is 4.08. The number of aromatic nitrogens is 2. The van der Waals surface area contributed by atoms with Gasteiger partial charge in [0.05, 0.1) is 0 Å². The van der Waals surface area contributed by atoms with E-state index in [2.05, 4.69) is 36.9 Å². The van der Waals surface area contributed by atoms with Crippen LogP contribution in [0.4, 0.5) is 5.82 Å². The Morgan fingerprint density at radius 3 is 3.20 bits per heavy atom. The van der Waals surface area contributed by atoms with Crippen molar-refractivity contribution in [1.29, 1.82) is 0 Å². The largest absolute Gasteiger partial charge is 0.353 e. The van der Waals surface area contributed by atoms with Gasteiger partial charge in [-0.15, -0.1) is 11.8 Å². The van der Waals surface area contributed by atoms with Crippen LogP contribution in [-0.2, 0) is 0 Å². The van der Waals surface area contributed by atoms with Crippen LogP contribution >= 0.6 is 27.7 Å². The van der Waals surface area contributed by atoms with Gasteiger partial charge in [0.15, 0.2) is 0 Å². The van der Waals surface area contributed by atoms with Gasteiger partial charge in [-0.25, -0.2) is 9.97 Å². The molecule has 1 aliphatic heterocycles. The Hall–Kier alpha value is -0.290. The van der Waals surface area contributed by atoms with Gasteiger partial charge in [-0.05, 0) is 19.1 Å². The van der Waals surface area contributed by atoms with Crippen molar-refractivity contribution in [2.75, 3.05) is 23.0 Å². The van der Waals surface area contributed by atoms with Gasteiger partial charge >= 0.3 is 0 Å². The molecule has 2 rings (SSSR count). The van der Waals surface area contributed by atoms with Crippen LogP contribution in [0.3, 0.4) is 0 Å². The van der Waals surface area contributed by atoms with Crippen LogP contribution in [0.1, 0.15) is 12.8 Å². The normalized spacial score (nSPS) is 20.9. The molecular formula is C10H14BrN3S. The summed E-state index contributed by atoms with van der Waals surface area (Å²) >= 11 is 5.22. The Bertz CT molecular complexity index is 334. The molecule has 82 valence electrons. The van der Waals surface area contributed by atoms with Gasteiger partial charge in [0.25, 0.3) is 0 Å². The van der Waals surface area contributed by atoms with E-state index in [0.717, 1.165) is 22.7 Å². The van der Waals surface area contributed by atoms with Crippen molar-refractivity contribution in [2.24, 2.45) is 0 Å². The van der Waals surface area contributed by atoms with E-state index >= 15 is 0 Å². The Morgan fingerprint density at radius 2 is 2.47 bits per heavy atom. The molecule has 2 heterocycles. The van der Waals surface area contributed by atoms with Crippen molar-refractivity contribution in [1.82, 2.24) is 9.97 Å². The fraction of sp³-hybridized carbons (Fsp3) is 0.600. The highest BCUT2D eigenvalue weighted by atomic mass is 79.9. The minimum Gasteiger partial charge on any atom is -0.353 e. The summed E-state index contributed by atoms with van der Waals surface area (Å²) in [6.07, 6.45) is 6.21. The first kappa shape index (κ1) is 11.2. The van der Waals surface area contributed by atoms with Crippen LogP contribution in [-0.4, -0.2) is 34.1 Å². The number of nitrogens with zero attached hydrogens (tertiary/aromatic N) is 3. The molecule has 1 aromatic rings. The molecule has 0 radical (unpaired) electrons. The Labute approximate surface area is 103 Å². The molecule has 1 aromatic heterocycles. The average molecular weight is 288 g/mol. The van der Waals surface area contributed by atoms with Crippen molar-refractivity contribution in [3.8, 4) is 0 Å². The highest BCUT2D eigenvalue weighted by molar-refractivity contribution is 9.09. The molecule has 0 N–H and O–H groups in total. The number of rotatable bonds is 3. The molecule has 1 saturated heterocycles. The van der Waals surface area contributed by atoms with E-state index in [4.69, 9.17) is 0 Å². The summed E-state index contributed by atoms with van der Waals surface area (Å²) in [6, 6.07) is 2.67. The van der Waals surface area contributed by atoms with Gasteiger partial charge in [0.1, 0.15) is 17.2 Å². The monoisotopic (exact) mass is 287 g/mol. The summed E-state index contributed by atoms with van der Waals surface area (Å²) in [4.78, 5) is 10.9. The Morgan fingerprint density at radius 1 is 1.60 bits per heavy atom. The minimum atomic E-state index is 0.592. The van der Waals surface area contributed by atoms with E-state index in [9.17, 15) is 0 Å². The molecule has 0 aliphatic carbocycles. The fourth-order valence-electron chi connectivity index (χ4n) is 1.90. The van der Waals surface area contributed by atoms with Gasteiger partial charge in [0, 0.05) is 24.0 Å². The van der Waals surface area contributed by atoms with Crippen molar-refractivity contribution in [2.45, 2.75) is 23.9 Å². The van der Waals surface area contributed by atoms with Gasteiger partial charge < -0.3 is 4.90 Å². The predicted molar refractivity (Wildman–Crippen MR) is 68.0 cm³/mol. The molecule has 0 aromatic carbocycles. The number of anilines is 1. The zero-order chi connectivity index (χ0) is 10.7. The molecule has 0 spiro atoms. The van der Waals surface area contributed by atoms with Gasteiger partial charge in [-0.2, -0.15) is 0 Å². The second-order valence-corrected chi connectivity index (χ2v) is 5.04. The third-order valence-electron chi connectivity index (χ3n) is 2.69. The Balaban J connectivity index is 2.20. The summed E-state index contributed by atoms with van der Waals surface area (Å²) in [5.74, 6) is 1.07. The van der Waals surface area contributed by atoms with E-state index in [1.54, 1.807) is 18.1 Å². The summed E-state index contributed by atoms with van der Waals surface area (Å²) in [6.45, 7) is 1.11. The van der Waals surface area contributed by atoms with E-state index in [1.165, 1.54) is 12.8 Å². The standard InChI is InChI=1S/C10H14BrN3S/c1-15-10-5-9(12-7-13-10)14-4-2-3-8(14)6-11/h5,7-8H,2-4,6H2,1H3. The van der Waals surface area contributed by atoms with E-state index in [-0.39, 0.29) is 0 Å². The highest BCUT2D eigenvalue weighted by Gasteiger charge is 2.24. The third kappa shape index (κ3) is 2.45. The molecule has 15 heavy (non-hydrogen) atoms. The minimum absolute atomic E-state index is 0.592. The lowest BCUT2D eigenvalue weighted by Crippen LogP contribution is -2.31. The van der Waals surface area contributed by atoms with Crippen LogP contribution in [0.5, 0.6) is 0 Å². The van der Waals surface area contributed by atoms with Crippen LogP contribution in [0.15, 0.2) is 17.4 Å². The second kappa shape index (κ2) is 5.16. The zero-order valence-corrected chi connectivity index (χ0v) is 11.1.